The van der Waals surface area contributed by atoms with Gasteiger partial charge in [-0.15, -0.1) is 0 Å². The van der Waals surface area contributed by atoms with Crippen LogP contribution in [0, 0.1) is 6.92 Å². The number of Topliss-reactive ketones (excluding diaryl/α,β-unsaturated/α-hetero) is 1. The minimum atomic E-state index is -0.121. The smallest absolute Gasteiger partial charge is 0.194 e. The van der Waals surface area contributed by atoms with Crippen molar-refractivity contribution in [3.8, 4) is 17.0 Å². The van der Waals surface area contributed by atoms with Crippen molar-refractivity contribution in [2.24, 2.45) is 0 Å². The predicted octanol–water partition coefficient (Wildman–Crippen LogP) is 4.86. The maximum atomic E-state index is 11.7. The molecule has 0 aliphatic rings. The maximum Gasteiger partial charge on any atom is 0.194 e. The summed E-state index contributed by atoms with van der Waals surface area (Å²) in [4.78, 5) is 11.7. The summed E-state index contributed by atoms with van der Waals surface area (Å²) < 4.78 is 13.0. The van der Waals surface area contributed by atoms with Gasteiger partial charge in [0, 0.05) is 24.1 Å². The number of aromatic nitrogens is 2. The van der Waals surface area contributed by atoms with Crippen molar-refractivity contribution in [3.05, 3.63) is 71.6 Å². The Hall–Kier alpha value is -3.34. The van der Waals surface area contributed by atoms with E-state index in [1.165, 1.54) is 18.1 Å². The number of hydrogen-bond acceptors (Lipinski definition) is 4. The molecular weight excluding hydrogens is 340 g/mol. The van der Waals surface area contributed by atoms with E-state index in [-0.39, 0.29) is 5.78 Å². The standard InChI is InChI=1S/C22H20N2O3/c1-14-6-4-5-7-16(14)13-24-11-10-19(23-24)17-8-9-20(26-3)22-18(17)12-21(27-22)15(2)25/h4-12H,13H2,1-3H3. The summed E-state index contributed by atoms with van der Waals surface area (Å²) in [5, 5.41) is 5.55. The van der Waals surface area contributed by atoms with E-state index in [1.54, 1.807) is 13.2 Å². The molecule has 5 nitrogen and oxygen atoms in total. The maximum absolute atomic E-state index is 11.7. The number of rotatable bonds is 5. The molecular formula is C22H20N2O3. The number of fused-ring (bicyclic) bond motifs is 1. The molecule has 0 aliphatic heterocycles. The second-order valence-electron chi connectivity index (χ2n) is 6.55. The first-order valence-corrected chi connectivity index (χ1v) is 8.76. The van der Waals surface area contributed by atoms with Gasteiger partial charge >= 0.3 is 0 Å². The lowest BCUT2D eigenvalue weighted by atomic mass is 10.1. The molecule has 0 spiro atoms. The molecule has 27 heavy (non-hydrogen) atoms. The molecule has 4 aromatic rings. The number of ketones is 1. The quantitative estimate of drug-likeness (QED) is 0.477. The highest BCUT2D eigenvalue weighted by Gasteiger charge is 2.17. The van der Waals surface area contributed by atoms with Crippen LogP contribution in [-0.4, -0.2) is 22.7 Å². The molecule has 2 aromatic heterocycles. The van der Waals surface area contributed by atoms with E-state index in [2.05, 4.69) is 19.1 Å². The van der Waals surface area contributed by atoms with Gasteiger partial charge in [-0.1, -0.05) is 24.3 Å². The number of furan rings is 1. The molecule has 136 valence electrons. The van der Waals surface area contributed by atoms with Crippen LogP contribution in [0.5, 0.6) is 5.75 Å². The van der Waals surface area contributed by atoms with Crippen LogP contribution in [0.3, 0.4) is 0 Å². The van der Waals surface area contributed by atoms with E-state index in [0.29, 0.717) is 23.6 Å². The fraction of sp³-hybridized carbons (Fsp3) is 0.182. The van der Waals surface area contributed by atoms with E-state index in [1.807, 2.05) is 41.2 Å². The van der Waals surface area contributed by atoms with E-state index >= 15 is 0 Å². The van der Waals surface area contributed by atoms with Crippen LogP contribution in [0.25, 0.3) is 22.2 Å². The molecule has 0 fully saturated rings. The van der Waals surface area contributed by atoms with Gasteiger partial charge in [0.1, 0.15) is 0 Å². The van der Waals surface area contributed by atoms with Gasteiger partial charge in [-0.2, -0.15) is 5.10 Å². The van der Waals surface area contributed by atoms with Crippen LogP contribution in [0.2, 0.25) is 0 Å². The summed E-state index contributed by atoms with van der Waals surface area (Å²) >= 11 is 0. The van der Waals surface area contributed by atoms with Gasteiger partial charge in [0.25, 0.3) is 0 Å². The minimum Gasteiger partial charge on any atom is -0.493 e. The van der Waals surface area contributed by atoms with Gasteiger partial charge in [0.15, 0.2) is 22.9 Å². The summed E-state index contributed by atoms with van der Waals surface area (Å²) in [6.07, 6.45) is 1.96. The van der Waals surface area contributed by atoms with E-state index in [0.717, 1.165) is 16.6 Å². The second kappa shape index (κ2) is 6.76. The van der Waals surface area contributed by atoms with E-state index < -0.39 is 0 Å². The zero-order chi connectivity index (χ0) is 19.0. The van der Waals surface area contributed by atoms with Crippen molar-refractivity contribution in [2.75, 3.05) is 7.11 Å². The van der Waals surface area contributed by atoms with Crippen molar-refractivity contribution < 1.29 is 13.9 Å². The molecule has 2 aromatic carbocycles. The Morgan fingerprint density at radius 2 is 2.00 bits per heavy atom. The molecule has 2 heterocycles. The van der Waals surface area contributed by atoms with Crippen LogP contribution in [0.15, 0.2) is 59.1 Å². The minimum absolute atomic E-state index is 0.121. The van der Waals surface area contributed by atoms with Crippen molar-refractivity contribution in [3.63, 3.8) is 0 Å². The van der Waals surface area contributed by atoms with Gasteiger partial charge in [-0.3, -0.25) is 9.48 Å². The molecule has 0 atom stereocenters. The summed E-state index contributed by atoms with van der Waals surface area (Å²) in [6, 6.07) is 15.8. The van der Waals surface area contributed by atoms with Crippen molar-refractivity contribution >= 4 is 16.8 Å². The Balaban J connectivity index is 1.76. The number of ether oxygens (including phenoxy) is 1. The average Bonchev–Trinajstić information content (AvgIpc) is 3.30. The summed E-state index contributed by atoms with van der Waals surface area (Å²) in [5.41, 5.74) is 4.77. The lowest BCUT2D eigenvalue weighted by Crippen LogP contribution is -2.02. The monoisotopic (exact) mass is 360 g/mol. The number of methoxy groups -OCH3 is 1. The third-order valence-corrected chi connectivity index (χ3v) is 4.72. The lowest BCUT2D eigenvalue weighted by molar-refractivity contribution is 0.0989. The molecule has 0 aliphatic carbocycles. The second-order valence-corrected chi connectivity index (χ2v) is 6.55. The zero-order valence-corrected chi connectivity index (χ0v) is 15.5. The number of benzene rings is 2. The highest BCUT2D eigenvalue weighted by atomic mass is 16.5. The molecule has 5 heteroatoms. The first kappa shape index (κ1) is 17.1. The molecule has 0 N–H and O–H groups in total. The van der Waals surface area contributed by atoms with Gasteiger partial charge < -0.3 is 9.15 Å². The fourth-order valence-corrected chi connectivity index (χ4v) is 3.21. The Morgan fingerprint density at radius 1 is 1.19 bits per heavy atom. The van der Waals surface area contributed by atoms with E-state index in [4.69, 9.17) is 14.3 Å². The topological polar surface area (TPSA) is 57.3 Å². The Kier molecular flexibility index (Phi) is 4.28. The lowest BCUT2D eigenvalue weighted by Gasteiger charge is -2.06. The molecule has 0 radical (unpaired) electrons. The van der Waals surface area contributed by atoms with Crippen LogP contribution < -0.4 is 4.74 Å². The van der Waals surface area contributed by atoms with Gasteiger partial charge in [0.05, 0.1) is 19.3 Å². The molecule has 0 saturated carbocycles. The Labute approximate surface area is 157 Å². The van der Waals surface area contributed by atoms with Gasteiger partial charge in [-0.05, 0) is 42.3 Å². The van der Waals surface area contributed by atoms with Crippen molar-refractivity contribution in [1.82, 2.24) is 9.78 Å². The average molecular weight is 360 g/mol. The molecule has 0 bridgehead atoms. The first-order chi connectivity index (χ1) is 13.1. The fourth-order valence-electron chi connectivity index (χ4n) is 3.21. The number of nitrogens with zero attached hydrogens (tertiary/aromatic N) is 2. The Morgan fingerprint density at radius 3 is 2.74 bits per heavy atom. The van der Waals surface area contributed by atoms with Crippen LogP contribution >= 0.6 is 0 Å². The third-order valence-electron chi connectivity index (χ3n) is 4.72. The number of carbonyl (C=O) groups is 1. The highest BCUT2D eigenvalue weighted by Crippen LogP contribution is 2.36. The SMILES string of the molecule is COc1ccc(-c2ccn(Cc3ccccc3C)n2)c2cc(C(C)=O)oc12. The number of hydrogen-bond donors (Lipinski definition) is 0. The highest BCUT2D eigenvalue weighted by molar-refractivity contribution is 6.02. The van der Waals surface area contributed by atoms with Gasteiger partial charge in [-0.25, -0.2) is 0 Å². The van der Waals surface area contributed by atoms with Crippen molar-refractivity contribution in [2.45, 2.75) is 20.4 Å². The third kappa shape index (κ3) is 3.12. The summed E-state index contributed by atoms with van der Waals surface area (Å²) in [5.74, 6) is 0.792. The Bertz CT molecular complexity index is 1140. The largest absolute Gasteiger partial charge is 0.493 e. The van der Waals surface area contributed by atoms with Crippen LogP contribution in [0.4, 0.5) is 0 Å². The van der Waals surface area contributed by atoms with Crippen molar-refractivity contribution in [1.29, 1.82) is 0 Å². The predicted molar refractivity (Wildman–Crippen MR) is 104 cm³/mol. The first-order valence-electron chi connectivity index (χ1n) is 8.76. The normalized spacial score (nSPS) is 11.1. The van der Waals surface area contributed by atoms with Crippen LogP contribution in [-0.2, 0) is 6.54 Å². The van der Waals surface area contributed by atoms with Gasteiger partial charge in [0.2, 0.25) is 0 Å². The molecule has 0 unspecified atom stereocenters. The van der Waals surface area contributed by atoms with Crippen LogP contribution in [0.1, 0.15) is 28.6 Å². The zero-order valence-electron chi connectivity index (χ0n) is 15.5. The number of carbonyl (C=O) groups excluding carboxylic acids is 1. The molecule has 0 saturated heterocycles. The molecule has 0 amide bonds. The van der Waals surface area contributed by atoms with E-state index in [9.17, 15) is 4.79 Å². The molecule has 4 rings (SSSR count). The summed E-state index contributed by atoms with van der Waals surface area (Å²) in [7, 11) is 1.58. The summed E-state index contributed by atoms with van der Waals surface area (Å²) in [6.45, 7) is 4.29. The number of aryl methyl sites for hydroxylation is 1.